The zero-order chi connectivity index (χ0) is 21.3. The van der Waals surface area contributed by atoms with Crippen LogP contribution in [0.1, 0.15) is 15.9 Å². The van der Waals surface area contributed by atoms with Crippen molar-refractivity contribution in [3.05, 3.63) is 56.3 Å². The van der Waals surface area contributed by atoms with Crippen LogP contribution in [0.2, 0.25) is 0 Å². The summed E-state index contributed by atoms with van der Waals surface area (Å²) in [5, 5.41) is 16.8. The zero-order valence-electron chi connectivity index (χ0n) is 15.6. The Morgan fingerprint density at radius 1 is 1.38 bits per heavy atom. The summed E-state index contributed by atoms with van der Waals surface area (Å²) in [5.74, 6) is -3.85. The maximum Gasteiger partial charge on any atom is 0.293 e. The van der Waals surface area contributed by atoms with Crippen LogP contribution >= 0.6 is 15.9 Å². The fraction of sp³-hybridized carbons (Fsp3) is 0.333. The van der Waals surface area contributed by atoms with E-state index in [1.165, 1.54) is 24.5 Å². The van der Waals surface area contributed by atoms with Gasteiger partial charge in [-0.2, -0.15) is 0 Å². The molecule has 0 radical (unpaired) electrons. The number of hydrogen-bond donors (Lipinski definition) is 2. The Labute approximate surface area is 173 Å². The van der Waals surface area contributed by atoms with Gasteiger partial charge >= 0.3 is 0 Å². The summed E-state index contributed by atoms with van der Waals surface area (Å²) < 4.78 is 29.8. The molecule has 1 atom stereocenters. The summed E-state index contributed by atoms with van der Waals surface area (Å²) in [6.07, 6.45) is 2.82. The minimum atomic E-state index is -3.27. The van der Waals surface area contributed by atoms with Crippen LogP contribution in [0.25, 0.3) is 0 Å². The molecule has 1 fully saturated rings. The van der Waals surface area contributed by atoms with Gasteiger partial charge in [0.15, 0.2) is 0 Å². The van der Waals surface area contributed by atoms with Crippen LogP contribution in [0.4, 0.5) is 25.8 Å². The summed E-state index contributed by atoms with van der Waals surface area (Å²) in [5.41, 5.74) is 0.897. The first-order chi connectivity index (χ1) is 13.6. The van der Waals surface area contributed by atoms with E-state index in [-0.39, 0.29) is 23.5 Å². The molecule has 0 spiro atoms. The number of likely N-dealkylation sites (tertiary alicyclic amines) is 1. The lowest BCUT2D eigenvalue weighted by Gasteiger charge is -2.21. The van der Waals surface area contributed by atoms with E-state index in [2.05, 4.69) is 31.5 Å². The number of halogens is 3. The van der Waals surface area contributed by atoms with Crippen LogP contribution in [0.5, 0.6) is 0 Å². The van der Waals surface area contributed by atoms with Crippen LogP contribution in [-0.4, -0.2) is 52.8 Å². The van der Waals surface area contributed by atoms with E-state index in [9.17, 15) is 23.7 Å². The molecule has 0 saturated carbocycles. The maximum atomic E-state index is 14.6. The average molecular weight is 470 g/mol. The Morgan fingerprint density at radius 2 is 2.10 bits per heavy atom. The van der Waals surface area contributed by atoms with E-state index >= 15 is 0 Å². The van der Waals surface area contributed by atoms with Crippen molar-refractivity contribution in [2.75, 3.05) is 30.8 Å². The highest BCUT2D eigenvalue weighted by atomic mass is 79.9. The first kappa shape index (κ1) is 20.9. The average Bonchev–Trinajstić information content (AvgIpc) is 2.97. The standard InChI is InChI=1S/C18H18BrF2N5O3/c1-10-3-12(19)5-14(26(28)29)16(10)24-15-8-25(9-18(15,20)21)17(27)11-4-13(22-2)7-23-6-11/h3-7,15,22,24H,8-9H2,1-2H3. The number of alkyl halides is 2. The second-order valence-electron chi connectivity index (χ2n) is 6.73. The number of aromatic nitrogens is 1. The van der Waals surface area contributed by atoms with Gasteiger partial charge in [-0.1, -0.05) is 15.9 Å². The first-order valence-electron chi connectivity index (χ1n) is 8.63. The first-order valence-corrected chi connectivity index (χ1v) is 9.42. The van der Waals surface area contributed by atoms with Gasteiger partial charge in [-0.15, -0.1) is 0 Å². The minimum Gasteiger partial charge on any atom is -0.387 e. The van der Waals surface area contributed by atoms with Crippen molar-refractivity contribution in [1.29, 1.82) is 0 Å². The molecule has 1 aliphatic rings. The van der Waals surface area contributed by atoms with E-state index in [0.29, 0.717) is 15.7 Å². The van der Waals surface area contributed by atoms with E-state index in [1.807, 2.05) is 0 Å². The SMILES string of the molecule is CNc1cncc(C(=O)N2CC(Nc3c(C)cc(Br)cc3[N+](=O)[O-])C(F)(F)C2)c1. The van der Waals surface area contributed by atoms with Crippen molar-refractivity contribution in [3.8, 4) is 0 Å². The topological polar surface area (TPSA) is 100 Å². The van der Waals surface area contributed by atoms with Gasteiger partial charge in [-0.3, -0.25) is 19.9 Å². The molecule has 1 aromatic carbocycles. The Hall–Kier alpha value is -2.82. The van der Waals surface area contributed by atoms with Gasteiger partial charge in [0.25, 0.3) is 17.5 Å². The number of carbonyl (C=O) groups excluding carboxylic acids is 1. The van der Waals surface area contributed by atoms with Gasteiger partial charge in [0.2, 0.25) is 0 Å². The van der Waals surface area contributed by atoms with Crippen LogP contribution < -0.4 is 10.6 Å². The van der Waals surface area contributed by atoms with Crippen LogP contribution in [0.3, 0.4) is 0 Å². The Balaban J connectivity index is 1.85. The second kappa shape index (κ2) is 7.90. The largest absolute Gasteiger partial charge is 0.387 e. The number of rotatable bonds is 5. The van der Waals surface area contributed by atoms with E-state index < -0.39 is 29.3 Å². The number of carbonyl (C=O) groups is 1. The number of anilines is 2. The van der Waals surface area contributed by atoms with Gasteiger partial charge in [-0.25, -0.2) is 8.78 Å². The summed E-state index contributed by atoms with van der Waals surface area (Å²) in [6.45, 7) is 0.490. The van der Waals surface area contributed by atoms with Crippen molar-refractivity contribution < 1.29 is 18.5 Å². The van der Waals surface area contributed by atoms with Gasteiger partial charge in [0.05, 0.1) is 22.7 Å². The number of hydrogen-bond acceptors (Lipinski definition) is 6. The third kappa shape index (κ3) is 4.29. The lowest BCUT2D eigenvalue weighted by molar-refractivity contribution is -0.384. The maximum absolute atomic E-state index is 14.6. The molecule has 29 heavy (non-hydrogen) atoms. The van der Waals surface area contributed by atoms with Crippen molar-refractivity contribution in [2.45, 2.75) is 18.9 Å². The molecule has 2 N–H and O–H groups in total. The van der Waals surface area contributed by atoms with E-state index in [4.69, 9.17) is 0 Å². The molecule has 3 rings (SSSR count). The number of nitrogens with zero attached hydrogens (tertiary/aromatic N) is 3. The lowest BCUT2D eigenvalue weighted by Crippen LogP contribution is -2.38. The highest BCUT2D eigenvalue weighted by molar-refractivity contribution is 9.10. The zero-order valence-corrected chi connectivity index (χ0v) is 17.2. The van der Waals surface area contributed by atoms with Crippen molar-refractivity contribution in [2.24, 2.45) is 0 Å². The smallest absolute Gasteiger partial charge is 0.293 e. The fourth-order valence-electron chi connectivity index (χ4n) is 3.20. The number of aryl methyl sites for hydroxylation is 1. The molecular formula is C18H18BrF2N5O3. The third-order valence-electron chi connectivity index (χ3n) is 4.67. The Morgan fingerprint density at radius 3 is 2.76 bits per heavy atom. The van der Waals surface area contributed by atoms with Gasteiger partial charge in [0, 0.05) is 36.5 Å². The molecule has 1 amide bonds. The fourth-order valence-corrected chi connectivity index (χ4v) is 3.76. The van der Waals surface area contributed by atoms with Crippen molar-refractivity contribution in [3.63, 3.8) is 0 Å². The van der Waals surface area contributed by atoms with Gasteiger partial charge in [0.1, 0.15) is 11.7 Å². The van der Waals surface area contributed by atoms with E-state index in [0.717, 1.165) is 4.90 Å². The number of nitro groups is 1. The molecule has 8 nitrogen and oxygen atoms in total. The summed E-state index contributed by atoms with van der Waals surface area (Å²) in [4.78, 5) is 28.3. The Bertz CT molecular complexity index is 973. The molecule has 1 unspecified atom stereocenters. The van der Waals surface area contributed by atoms with Crippen LogP contribution in [0.15, 0.2) is 35.1 Å². The number of amides is 1. The normalized spacial score (nSPS) is 17.8. The highest BCUT2D eigenvalue weighted by Gasteiger charge is 2.50. The summed E-state index contributed by atoms with van der Waals surface area (Å²) in [6, 6.07) is 2.91. The lowest BCUT2D eigenvalue weighted by atomic mass is 10.1. The molecule has 0 aliphatic carbocycles. The second-order valence-corrected chi connectivity index (χ2v) is 7.65. The highest BCUT2D eigenvalue weighted by Crippen LogP contribution is 2.37. The van der Waals surface area contributed by atoms with Crippen molar-refractivity contribution in [1.82, 2.24) is 9.88 Å². The predicted molar refractivity (Wildman–Crippen MR) is 108 cm³/mol. The molecule has 0 bridgehead atoms. The summed E-state index contributed by atoms with van der Waals surface area (Å²) >= 11 is 3.17. The van der Waals surface area contributed by atoms with Gasteiger partial charge < -0.3 is 15.5 Å². The van der Waals surface area contributed by atoms with Crippen LogP contribution in [0, 0.1) is 17.0 Å². The predicted octanol–water partition coefficient (Wildman–Crippen LogP) is 3.67. The molecule has 1 aliphatic heterocycles. The minimum absolute atomic E-state index is 0.0102. The quantitative estimate of drug-likeness (QED) is 0.511. The summed E-state index contributed by atoms with van der Waals surface area (Å²) in [7, 11) is 1.66. The molecule has 2 heterocycles. The number of nitrogens with one attached hydrogen (secondary N) is 2. The number of pyridine rings is 1. The number of nitro benzene ring substituents is 1. The van der Waals surface area contributed by atoms with Crippen molar-refractivity contribution >= 4 is 38.9 Å². The molecule has 11 heteroatoms. The van der Waals surface area contributed by atoms with E-state index in [1.54, 1.807) is 20.0 Å². The van der Waals surface area contributed by atoms with Crippen LogP contribution in [-0.2, 0) is 0 Å². The molecular weight excluding hydrogens is 452 g/mol. The molecule has 2 aromatic rings. The Kier molecular flexibility index (Phi) is 5.69. The molecule has 1 aromatic heterocycles. The molecule has 1 saturated heterocycles. The monoisotopic (exact) mass is 469 g/mol. The molecule has 154 valence electrons. The third-order valence-corrected chi connectivity index (χ3v) is 5.13. The number of benzene rings is 1. The van der Waals surface area contributed by atoms with Gasteiger partial charge in [-0.05, 0) is 24.6 Å².